The van der Waals surface area contributed by atoms with Crippen molar-refractivity contribution in [3.8, 4) is 0 Å². The van der Waals surface area contributed by atoms with Gasteiger partial charge < -0.3 is 4.74 Å². The molecule has 1 heterocycles. The summed E-state index contributed by atoms with van der Waals surface area (Å²) in [6, 6.07) is 5.79. The van der Waals surface area contributed by atoms with Crippen molar-refractivity contribution in [2.24, 2.45) is 0 Å². The molecule has 0 aromatic heterocycles. The molecule has 1 aliphatic heterocycles. The first-order valence-electron chi connectivity index (χ1n) is 8.84. The molecule has 0 amide bonds. The minimum absolute atomic E-state index is 0.137. The van der Waals surface area contributed by atoms with Crippen molar-refractivity contribution in [2.45, 2.75) is 50.5 Å². The molecular formula is C20H27NO4S. The zero-order valence-electron chi connectivity index (χ0n) is 15.7. The smallest absolute Gasteiger partial charge is 0.324 e. The Morgan fingerprint density at radius 2 is 1.96 bits per heavy atom. The highest BCUT2D eigenvalue weighted by Crippen LogP contribution is 2.29. The van der Waals surface area contributed by atoms with Crippen LogP contribution in [-0.4, -0.2) is 38.4 Å². The van der Waals surface area contributed by atoms with Crippen molar-refractivity contribution >= 4 is 16.0 Å². The Hall–Kier alpha value is -1.92. The maximum atomic E-state index is 13.2. The lowest BCUT2D eigenvalue weighted by Crippen LogP contribution is -2.48. The van der Waals surface area contributed by atoms with Gasteiger partial charge in [0.05, 0.1) is 12.0 Å². The van der Waals surface area contributed by atoms with E-state index in [1.165, 1.54) is 11.4 Å². The predicted octanol–water partition coefficient (Wildman–Crippen LogP) is 3.60. The number of hydrogen-bond donors (Lipinski definition) is 0. The Bertz CT molecular complexity index is 794. The summed E-state index contributed by atoms with van der Waals surface area (Å²) in [5.74, 6) is -0.546. The van der Waals surface area contributed by atoms with Gasteiger partial charge in [0.25, 0.3) is 0 Å². The summed E-state index contributed by atoms with van der Waals surface area (Å²) in [6.45, 7) is 8.24. The molecule has 0 fully saturated rings. The second-order valence-corrected chi connectivity index (χ2v) is 8.46. The number of esters is 1. The topological polar surface area (TPSA) is 63.7 Å². The predicted molar refractivity (Wildman–Crippen MR) is 102 cm³/mol. The summed E-state index contributed by atoms with van der Waals surface area (Å²) in [5.41, 5.74) is 2.79. The van der Waals surface area contributed by atoms with Crippen molar-refractivity contribution in [3.05, 3.63) is 53.6 Å². The third-order valence-electron chi connectivity index (χ3n) is 4.65. The molecule has 2 rings (SSSR count). The number of ether oxygens (including phenoxy) is 1. The zero-order valence-corrected chi connectivity index (χ0v) is 16.5. The van der Waals surface area contributed by atoms with Crippen LogP contribution in [0.15, 0.2) is 53.0 Å². The lowest BCUT2D eigenvalue weighted by molar-refractivity contribution is -0.145. The standard InChI is InChI=1S/C20H27NO4S/c1-5-6-7-16(3)17-10-13-19(20(22)25-4)21(14-17)26(23,24)18-11-8-15(2)9-12-18/h8-12,19H,3,5-7,13-14H2,1-2,4H3/t19-/m1/s1. The van der Waals surface area contributed by atoms with Crippen LogP contribution in [0.3, 0.4) is 0 Å². The maximum absolute atomic E-state index is 13.2. The van der Waals surface area contributed by atoms with Gasteiger partial charge in [-0.25, -0.2) is 8.42 Å². The molecule has 0 spiro atoms. The van der Waals surface area contributed by atoms with Gasteiger partial charge in [0.1, 0.15) is 6.04 Å². The monoisotopic (exact) mass is 377 g/mol. The van der Waals surface area contributed by atoms with Crippen LogP contribution in [0.2, 0.25) is 0 Å². The fourth-order valence-electron chi connectivity index (χ4n) is 2.97. The van der Waals surface area contributed by atoms with Crippen LogP contribution in [0.25, 0.3) is 0 Å². The second-order valence-electron chi connectivity index (χ2n) is 6.57. The van der Waals surface area contributed by atoms with E-state index in [-0.39, 0.29) is 17.9 Å². The molecule has 142 valence electrons. The summed E-state index contributed by atoms with van der Waals surface area (Å²) >= 11 is 0. The Balaban J connectivity index is 2.37. The highest BCUT2D eigenvalue weighted by molar-refractivity contribution is 7.89. The summed E-state index contributed by atoms with van der Waals surface area (Å²) in [5, 5.41) is 0. The summed E-state index contributed by atoms with van der Waals surface area (Å²) in [7, 11) is -2.54. The van der Waals surface area contributed by atoms with Crippen LogP contribution in [-0.2, 0) is 19.6 Å². The molecule has 6 heteroatoms. The normalized spacial score (nSPS) is 18.3. The van der Waals surface area contributed by atoms with Gasteiger partial charge in [-0.2, -0.15) is 4.31 Å². The first kappa shape index (κ1) is 20.4. The average Bonchev–Trinajstić information content (AvgIpc) is 2.65. The quantitative estimate of drug-likeness (QED) is 0.681. The highest BCUT2D eigenvalue weighted by atomic mass is 32.2. The third-order valence-corrected chi connectivity index (χ3v) is 6.52. The minimum Gasteiger partial charge on any atom is -0.468 e. The number of carbonyl (C=O) groups excluding carboxylic acids is 1. The molecule has 26 heavy (non-hydrogen) atoms. The molecule has 0 radical (unpaired) electrons. The molecule has 1 aromatic carbocycles. The van der Waals surface area contributed by atoms with Crippen molar-refractivity contribution in [1.29, 1.82) is 0 Å². The number of sulfonamides is 1. The molecule has 0 aliphatic carbocycles. The Morgan fingerprint density at radius 1 is 1.31 bits per heavy atom. The van der Waals surface area contributed by atoms with Gasteiger partial charge in [-0.1, -0.05) is 49.3 Å². The summed E-state index contributed by atoms with van der Waals surface area (Å²) < 4.78 is 32.4. The number of aryl methyl sites for hydroxylation is 1. The lowest BCUT2D eigenvalue weighted by atomic mass is 9.96. The van der Waals surface area contributed by atoms with E-state index in [4.69, 9.17) is 4.74 Å². The van der Waals surface area contributed by atoms with Crippen LogP contribution < -0.4 is 0 Å². The van der Waals surface area contributed by atoms with Gasteiger partial charge in [-0.05, 0) is 43.9 Å². The second kappa shape index (κ2) is 8.64. The van der Waals surface area contributed by atoms with E-state index in [9.17, 15) is 13.2 Å². The fraction of sp³-hybridized carbons (Fsp3) is 0.450. The molecule has 0 unspecified atom stereocenters. The Morgan fingerprint density at radius 3 is 2.54 bits per heavy atom. The van der Waals surface area contributed by atoms with Crippen molar-refractivity contribution in [3.63, 3.8) is 0 Å². The number of nitrogens with zero attached hydrogens (tertiary/aromatic N) is 1. The van der Waals surface area contributed by atoms with Crippen LogP contribution in [0.4, 0.5) is 0 Å². The number of unbranched alkanes of at least 4 members (excludes halogenated alkanes) is 1. The van der Waals surface area contributed by atoms with Crippen molar-refractivity contribution < 1.29 is 17.9 Å². The molecule has 1 atom stereocenters. The molecule has 0 saturated heterocycles. The first-order valence-corrected chi connectivity index (χ1v) is 10.3. The van der Waals surface area contributed by atoms with E-state index in [2.05, 4.69) is 13.5 Å². The van der Waals surface area contributed by atoms with Crippen LogP contribution in [0.5, 0.6) is 0 Å². The van der Waals surface area contributed by atoms with E-state index in [0.29, 0.717) is 0 Å². The van der Waals surface area contributed by atoms with E-state index in [1.54, 1.807) is 24.3 Å². The van der Waals surface area contributed by atoms with E-state index >= 15 is 0 Å². The minimum atomic E-state index is -3.82. The maximum Gasteiger partial charge on any atom is 0.324 e. The Labute approximate surface area is 156 Å². The number of benzene rings is 1. The van der Waals surface area contributed by atoms with E-state index in [1.807, 2.05) is 13.0 Å². The van der Waals surface area contributed by atoms with Gasteiger partial charge >= 0.3 is 5.97 Å². The molecule has 5 nitrogen and oxygen atoms in total. The van der Waals surface area contributed by atoms with Gasteiger partial charge in [-0.15, -0.1) is 0 Å². The van der Waals surface area contributed by atoms with Crippen molar-refractivity contribution in [1.82, 2.24) is 4.31 Å². The third kappa shape index (κ3) is 4.43. The number of rotatable bonds is 7. The van der Waals surface area contributed by atoms with Crippen LogP contribution in [0.1, 0.15) is 38.2 Å². The molecule has 0 bridgehead atoms. The molecular weight excluding hydrogens is 350 g/mol. The van der Waals surface area contributed by atoms with Gasteiger partial charge in [0.15, 0.2) is 0 Å². The molecule has 0 N–H and O–H groups in total. The van der Waals surface area contributed by atoms with E-state index < -0.39 is 22.0 Å². The molecule has 0 saturated carbocycles. The number of carbonyl (C=O) groups is 1. The number of methoxy groups -OCH3 is 1. The lowest BCUT2D eigenvalue weighted by Gasteiger charge is -2.33. The SMILES string of the molecule is C=C(CCCC)C1=CC[C@H](C(=O)OC)N(S(=O)(=O)c2ccc(C)cc2)C1. The van der Waals surface area contributed by atoms with E-state index in [0.717, 1.165) is 36.0 Å². The van der Waals surface area contributed by atoms with Crippen LogP contribution >= 0.6 is 0 Å². The van der Waals surface area contributed by atoms with Gasteiger partial charge in [-0.3, -0.25) is 4.79 Å². The van der Waals surface area contributed by atoms with Crippen molar-refractivity contribution in [2.75, 3.05) is 13.7 Å². The fourth-order valence-corrected chi connectivity index (χ4v) is 4.54. The van der Waals surface area contributed by atoms with Crippen LogP contribution in [0, 0.1) is 6.92 Å². The summed E-state index contributed by atoms with van der Waals surface area (Å²) in [4.78, 5) is 12.4. The highest BCUT2D eigenvalue weighted by Gasteiger charge is 2.39. The van der Waals surface area contributed by atoms with Gasteiger partial charge in [0, 0.05) is 6.54 Å². The Kier molecular flexibility index (Phi) is 6.78. The molecule has 1 aliphatic rings. The number of hydrogen-bond acceptors (Lipinski definition) is 4. The molecule has 1 aromatic rings. The van der Waals surface area contributed by atoms with Gasteiger partial charge in [0.2, 0.25) is 10.0 Å². The summed E-state index contributed by atoms with van der Waals surface area (Å²) in [6.07, 6.45) is 5.08. The largest absolute Gasteiger partial charge is 0.468 e. The first-order chi connectivity index (χ1) is 12.3. The zero-order chi connectivity index (χ0) is 19.3. The average molecular weight is 378 g/mol.